The van der Waals surface area contributed by atoms with E-state index in [9.17, 15) is 14.7 Å². The molecule has 1 amide bonds. The van der Waals surface area contributed by atoms with E-state index >= 15 is 0 Å². The molecule has 1 aliphatic rings. The zero-order valence-corrected chi connectivity index (χ0v) is 14.6. The molecule has 0 spiro atoms. The summed E-state index contributed by atoms with van der Waals surface area (Å²) in [6, 6.07) is 3.45. The van der Waals surface area contributed by atoms with Gasteiger partial charge >= 0.3 is 6.09 Å². The lowest BCUT2D eigenvalue weighted by atomic mass is 9.93. The second kappa shape index (κ2) is 5.70. The van der Waals surface area contributed by atoms with Crippen LogP contribution in [-0.4, -0.2) is 45.9 Å². The number of rotatable bonds is 3. The molecule has 1 aromatic heterocycles. The molecule has 1 aromatic rings. The normalized spacial score (nSPS) is 17.3. The molecule has 116 valence electrons. The lowest BCUT2D eigenvalue weighted by Crippen LogP contribution is -2.61. The van der Waals surface area contributed by atoms with Gasteiger partial charge in [0.2, 0.25) is 0 Å². The van der Waals surface area contributed by atoms with Crippen LogP contribution in [0.4, 0.5) is 4.79 Å². The first kappa shape index (κ1) is 16.5. The smallest absolute Gasteiger partial charge is 0.410 e. The molecule has 1 fully saturated rings. The Morgan fingerprint density at radius 2 is 2.05 bits per heavy atom. The summed E-state index contributed by atoms with van der Waals surface area (Å²) in [5, 5.41) is 10.8. The third kappa shape index (κ3) is 3.64. The van der Waals surface area contributed by atoms with E-state index in [-0.39, 0.29) is 24.2 Å². The molecule has 21 heavy (non-hydrogen) atoms. The van der Waals surface area contributed by atoms with Gasteiger partial charge in [0, 0.05) is 4.88 Å². The molecule has 5 nitrogen and oxygen atoms in total. The fourth-order valence-electron chi connectivity index (χ4n) is 2.00. The van der Waals surface area contributed by atoms with E-state index < -0.39 is 17.3 Å². The fraction of sp³-hybridized carbons (Fsp3) is 0.571. The highest BCUT2D eigenvalue weighted by Crippen LogP contribution is 2.37. The molecule has 7 heteroatoms. The van der Waals surface area contributed by atoms with Gasteiger partial charge in [-0.3, -0.25) is 4.79 Å². The minimum Gasteiger partial charge on any atom is -0.444 e. The summed E-state index contributed by atoms with van der Waals surface area (Å²) in [4.78, 5) is 26.2. The van der Waals surface area contributed by atoms with Crippen molar-refractivity contribution in [2.24, 2.45) is 0 Å². The summed E-state index contributed by atoms with van der Waals surface area (Å²) in [7, 11) is 0. The van der Waals surface area contributed by atoms with E-state index in [2.05, 4.69) is 15.9 Å². The average Bonchev–Trinajstić information content (AvgIpc) is 2.81. The highest BCUT2D eigenvalue weighted by molar-refractivity contribution is 9.09. The number of Topliss-reactive ketones (excluding diaryl/α,β-unsaturated/α-hetero) is 1. The van der Waals surface area contributed by atoms with E-state index in [1.165, 1.54) is 16.2 Å². The van der Waals surface area contributed by atoms with Crippen LogP contribution >= 0.6 is 27.3 Å². The molecule has 0 aromatic carbocycles. The number of thiophene rings is 1. The average molecular weight is 376 g/mol. The maximum absolute atomic E-state index is 11.9. The minimum absolute atomic E-state index is 0.0156. The van der Waals surface area contributed by atoms with Crippen molar-refractivity contribution in [3.8, 4) is 0 Å². The Morgan fingerprint density at radius 3 is 2.57 bits per heavy atom. The molecule has 0 unspecified atom stereocenters. The Kier molecular flexibility index (Phi) is 4.46. The van der Waals surface area contributed by atoms with Gasteiger partial charge in [-0.1, -0.05) is 15.9 Å². The molecule has 0 radical (unpaired) electrons. The van der Waals surface area contributed by atoms with Crippen molar-refractivity contribution in [1.29, 1.82) is 0 Å². The number of carbonyl (C=O) groups excluding carboxylic acids is 2. The van der Waals surface area contributed by atoms with Crippen molar-refractivity contribution in [3.05, 3.63) is 21.9 Å². The Balaban J connectivity index is 1.99. The molecule has 0 atom stereocenters. The summed E-state index contributed by atoms with van der Waals surface area (Å²) in [6.07, 6.45) is -0.430. The van der Waals surface area contributed by atoms with Crippen molar-refractivity contribution < 1.29 is 19.4 Å². The van der Waals surface area contributed by atoms with Gasteiger partial charge in [0.25, 0.3) is 0 Å². The molecule has 0 aliphatic carbocycles. The van der Waals surface area contributed by atoms with Gasteiger partial charge in [-0.05, 0) is 32.9 Å². The Morgan fingerprint density at radius 1 is 1.43 bits per heavy atom. The van der Waals surface area contributed by atoms with Crippen LogP contribution in [0.15, 0.2) is 12.1 Å². The van der Waals surface area contributed by atoms with E-state index in [1.807, 2.05) is 0 Å². The van der Waals surface area contributed by atoms with Gasteiger partial charge < -0.3 is 14.7 Å². The summed E-state index contributed by atoms with van der Waals surface area (Å²) in [5.41, 5.74) is -1.63. The summed E-state index contributed by atoms with van der Waals surface area (Å²) in [5.74, 6) is -0.0156. The third-order valence-corrected chi connectivity index (χ3v) is 4.85. The lowest BCUT2D eigenvalue weighted by Gasteiger charge is -2.45. The largest absolute Gasteiger partial charge is 0.444 e. The number of halogens is 1. The highest BCUT2D eigenvalue weighted by Gasteiger charge is 2.47. The first-order valence-electron chi connectivity index (χ1n) is 6.54. The number of likely N-dealkylation sites (tertiary alicyclic amines) is 1. The van der Waals surface area contributed by atoms with E-state index in [1.54, 1.807) is 32.9 Å². The van der Waals surface area contributed by atoms with Gasteiger partial charge in [0.15, 0.2) is 5.78 Å². The second-order valence-corrected chi connectivity index (χ2v) is 7.73. The van der Waals surface area contributed by atoms with Gasteiger partial charge in [-0.25, -0.2) is 4.79 Å². The molecular formula is C14H18BrNO4S. The van der Waals surface area contributed by atoms with Crippen molar-refractivity contribution in [1.82, 2.24) is 4.90 Å². The van der Waals surface area contributed by atoms with Crippen LogP contribution in [0.1, 0.15) is 35.3 Å². The van der Waals surface area contributed by atoms with Crippen molar-refractivity contribution in [2.75, 3.05) is 18.4 Å². The van der Waals surface area contributed by atoms with Crippen LogP contribution in [0.25, 0.3) is 0 Å². The van der Waals surface area contributed by atoms with Crippen LogP contribution in [0.2, 0.25) is 0 Å². The van der Waals surface area contributed by atoms with Crippen LogP contribution < -0.4 is 0 Å². The molecular weight excluding hydrogens is 358 g/mol. The lowest BCUT2D eigenvalue weighted by molar-refractivity contribution is -0.101. The van der Waals surface area contributed by atoms with Crippen LogP contribution in [-0.2, 0) is 10.3 Å². The predicted octanol–water partition coefficient (Wildman–Crippen LogP) is 2.76. The van der Waals surface area contributed by atoms with Gasteiger partial charge in [0.05, 0.1) is 23.3 Å². The van der Waals surface area contributed by atoms with E-state index in [0.717, 1.165) is 0 Å². The number of aliphatic hydroxyl groups is 1. The third-order valence-electron chi connectivity index (χ3n) is 3.02. The maximum atomic E-state index is 11.9. The Bertz CT molecular complexity index is 558. The van der Waals surface area contributed by atoms with E-state index in [4.69, 9.17) is 4.74 Å². The predicted molar refractivity (Wildman–Crippen MR) is 84.1 cm³/mol. The van der Waals surface area contributed by atoms with Crippen molar-refractivity contribution in [2.45, 2.75) is 32.0 Å². The first-order valence-corrected chi connectivity index (χ1v) is 8.48. The maximum Gasteiger partial charge on any atom is 0.410 e. The number of nitrogens with zero attached hydrogens (tertiary/aromatic N) is 1. The van der Waals surface area contributed by atoms with E-state index in [0.29, 0.717) is 9.75 Å². The fourth-order valence-corrected chi connectivity index (χ4v) is 3.50. The van der Waals surface area contributed by atoms with Crippen molar-refractivity contribution >= 4 is 39.1 Å². The minimum atomic E-state index is -1.08. The molecule has 2 rings (SSSR count). The van der Waals surface area contributed by atoms with Gasteiger partial charge in [-0.15, -0.1) is 11.3 Å². The standard InChI is InChI=1S/C14H18BrNO4S/c1-13(2,3)20-12(18)16-7-14(19,8-16)11-5-4-10(21-11)9(17)6-15/h4-5,19H,6-8H2,1-3H3. The molecule has 1 N–H and O–H groups in total. The molecule has 0 bridgehead atoms. The zero-order valence-electron chi connectivity index (χ0n) is 12.2. The van der Waals surface area contributed by atoms with Gasteiger partial charge in [-0.2, -0.15) is 0 Å². The number of ketones is 1. The summed E-state index contributed by atoms with van der Waals surface area (Å²) >= 11 is 4.39. The topological polar surface area (TPSA) is 66.8 Å². The molecule has 2 heterocycles. The zero-order chi connectivity index (χ0) is 15.8. The van der Waals surface area contributed by atoms with Crippen LogP contribution in [0.5, 0.6) is 0 Å². The van der Waals surface area contributed by atoms with Crippen molar-refractivity contribution in [3.63, 3.8) is 0 Å². The number of hydrogen-bond donors (Lipinski definition) is 1. The number of β-amino-alcohol motifs (C(OH)–C–C–N with tert-alkyl or cyclic N) is 1. The second-order valence-electron chi connectivity index (χ2n) is 6.09. The quantitative estimate of drug-likeness (QED) is 0.651. The SMILES string of the molecule is CC(C)(C)OC(=O)N1CC(O)(c2ccc(C(=O)CBr)s2)C1. The number of ether oxygens (including phenoxy) is 1. The molecule has 0 saturated carbocycles. The molecule has 1 saturated heterocycles. The summed E-state index contributed by atoms with van der Waals surface area (Å²) < 4.78 is 5.25. The monoisotopic (exact) mass is 375 g/mol. The number of alkyl halides is 1. The van der Waals surface area contributed by atoms with Crippen LogP contribution in [0, 0.1) is 0 Å². The Hall–Kier alpha value is -0.920. The Labute approximate surface area is 136 Å². The van der Waals surface area contributed by atoms with Gasteiger partial charge in [0.1, 0.15) is 11.2 Å². The molecule has 1 aliphatic heterocycles. The number of carbonyl (C=O) groups is 2. The highest BCUT2D eigenvalue weighted by atomic mass is 79.9. The number of hydrogen-bond acceptors (Lipinski definition) is 5. The first-order chi connectivity index (χ1) is 9.64. The number of amides is 1. The van der Waals surface area contributed by atoms with Crippen LogP contribution in [0.3, 0.4) is 0 Å². The summed E-state index contributed by atoms with van der Waals surface area (Å²) in [6.45, 7) is 5.77.